The van der Waals surface area contributed by atoms with Gasteiger partial charge in [-0.1, -0.05) is 12.1 Å². The first-order chi connectivity index (χ1) is 15.7. The van der Waals surface area contributed by atoms with Gasteiger partial charge in [0.15, 0.2) is 0 Å². The highest BCUT2D eigenvalue weighted by Gasteiger charge is 2.36. The fourth-order valence-electron chi connectivity index (χ4n) is 5.43. The van der Waals surface area contributed by atoms with Gasteiger partial charge >= 0.3 is 0 Å². The standard InChI is InChI=1S/C26H36N4O2/c1-28(2)26-9-6-20(18-27-26)24-19-30-11-3-5-25(30)23-17-21(7-8-22(23)24)32-14-4-10-29-12-15-31-16-13-29/h6-9,17-18,24-25H,3-5,10-16,19H2,1-2H3/t24-,25+/m1/s1. The van der Waals surface area contributed by atoms with E-state index in [0.29, 0.717) is 12.0 Å². The summed E-state index contributed by atoms with van der Waals surface area (Å²) in [5, 5.41) is 0. The number of ether oxygens (including phenoxy) is 2. The molecule has 2 saturated heterocycles. The van der Waals surface area contributed by atoms with Gasteiger partial charge in [-0.25, -0.2) is 4.98 Å². The van der Waals surface area contributed by atoms with Crippen LogP contribution in [-0.2, 0) is 4.74 Å². The molecule has 0 saturated carbocycles. The van der Waals surface area contributed by atoms with E-state index in [-0.39, 0.29) is 0 Å². The third kappa shape index (κ3) is 4.63. The minimum absolute atomic E-state index is 0.374. The highest BCUT2D eigenvalue weighted by atomic mass is 16.5. The van der Waals surface area contributed by atoms with E-state index in [2.05, 4.69) is 56.2 Å². The lowest BCUT2D eigenvalue weighted by atomic mass is 9.82. The molecule has 0 unspecified atom stereocenters. The lowest BCUT2D eigenvalue weighted by Gasteiger charge is -2.37. The number of hydrogen-bond donors (Lipinski definition) is 0. The van der Waals surface area contributed by atoms with Gasteiger partial charge < -0.3 is 14.4 Å². The summed E-state index contributed by atoms with van der Waals surface area (Å²) in [6, 6.07) is 11.7. The lowest BCUT2D eigenvalue weighted by molar-refractivity contribution is 0.0358. The van der Waals surface area contributed by atoms with Gasteiger partial charge in [0.2, 0.25) is 0 Å². The zero-order chi connectivity index (χ0) is 21.9. The van der Waals surface area contributed by atoms with Crippen molar-refractivity contribution in [2.75, 3.05) is 71.5 Å². The molecule has 6 heteroatoms. The fraction of sp³-hybridized carbons (Fsp3) is 0.577. The van der Waals surface area contributed by atoms with Crippen molar-refractivity contribution in [3.8, 4) is 5.75 Å². The smallest absolute Gasteiger partial charge is 0.127 e. The highest BCUT2D eigenvalue weighted by molar-refractivity contribution is 5.47. The first-order valence-corrected chi connectivity index (χ1v) is 12.1. The SMILES string of the molecule is CN(C)c1ccc([C@H]2CN3CCC[C@H]3c3cc(OCCCN4CCOCC4)ccc32)cn1. The van der Waals surface area contributed by atoms with Crippen LogP contribution in [0.25, 0.3) is 0 Å². The summed E-state index contributed by atoms with van der Waals surface area (Å²) in [5.74, 6) is 2.39. The van der Waals surface area contributed by atoms with Crippen molar-refractivity contribution < 1.29 is 9.47 Å². The van der Waals surface area contributed by atoms with Crippen molar-refractivity contribution in [3.63, 3.8) is 0 Å². The summed E-state index contributed by atoms with van der Waals surface area (Å²) in [6.45, 7) is 7.93. The largest absolute Gasteiger partial charge is 0.494 e. The minimum Gasteiger partial charge on any atom is -0.494 e. The Morgan fingerprint density at radius 1 is 1.09 bits per heavy atom. The number of fused-ring (bicyclic) bond motifs is 3. The predicted molar refractivity (Wildman–Crippen MR) is 128 cm³/mol. The minimum atomic E-state index is 0.374. The van der Waals surface area contributed by atoms with Crippen LogP contribution in [0.1, 0.15) is 47.9 Å². The first-order valence-electron chi connectivity index (χ1n) is 12.1. The zero-order valence-electron chi connectivity index (χ0n) is 19.5. The second-order valence-electron chi connectivity index (χ2n) is 9.50. The zero-order valence-corrected chi connectivity index (χ0v) is 19.5. The molecule has 0 aliphatic carbocycles. The van der Waals surface area contributed by atoms with Gasteiger partial charge in [-0.15, -0.1) is 0 Å². The number of nitrogens with zero attached hydrogens (tertiary/aromatic N) is 4. The van der Waals surface area contributed by atoms with Gasteiger partial charge in [0.1, 0.15) is 11.6 Å². The average molecular weight is 437 g/mol. The van der Waals surface area contributed by atoms with Crippen LogP contribution in [0.5, 0.6) is 5.75 Å². The van der Waals surface area contributed by atoms with Crippen LogP contribution in [0.4, 0.5) is 5.82 Å². The number of morpholine rings is 1. The summed E-state index contributed by atoms with van der Waals surface area (Å²) < 4.78 is 11.6. The molecule has 0 radical (unpaired) electrons. The summed E-state index contributed by atoms with van der Waals surface area (Å²) in [5.41, 5.74) is 4.22. The number of rotatable bonds is 7. The Bertz CT molecular complexity index is 895. The number of anilines is 1. The van der Waals surface area contributed by atoms with Crippen LogP contribution >= 0.6 is 0 Å². The van der Waals surface area contributed by atoms with Crippen molar-refractivity contribution in [3.05, 3.63) is 53.2 Å². The summed E-state index contributed by atoms with van der Waals surface area (Å²) in [7, 11) is 4.07. The van der Waals surface area contributed by atoms with E-state index in [1.807, 2.05) is 14.1 Å². The molecular formula is C26H36N4O2. The molecule has 0 N–H and O–H groups in total. The van der Waals surface area contributed by atoms with Crippen LogP contribution in [-0.4, -0.2) is 81.4 Å². The number of pyridine rings is 1. The highest BCUT2D eigenvalue weighted by Crippen LogP contribution is 2.45. The molecular weight excluding hydrogens is 400 g/mol. The normalized spacial score (nSPS) is 23.6. The maximum Gasteiger partial charge on any atom is 0.127 e. The van der Waals surface area contributed by atoms with E-state index in [1.54, 1.807) is 0 Å². The molecule has 32 heavy (non-hydrogen) atoms. The Morgan fingerprint density at radius 2 is 1.97 bits per heavy atom. The van der Waals surface area contributed by atoms with Gasteiger partial charge in [0, 0.05) is 58.4 Å². The van der Waals surface area contributed by atoms with E-state index in [9.17, 15) is 0 Å². The first kappa shape index (κ1) is 21.7. The third-order valence-corrected chi connectivity index (χ3v) is 7.20. The Kier molecular flexibility index (Phi) is 6.62. The third-order valence-electron chi connectivity index (χ3n) is 7.20. The van der Waals surface area contributed by atoms with E-state index in [4.69, 9.17) is 9.47 Å². The van der Waals surface area contributed by atoms with Gasteiger partial charge in [0.05, 0.1) is 19.8 Å². The van der Waals surface area contributed by atoms with Gasteiger partial charge in [0.25, 0.3) is 0 Å². The molecule has 2 atom stereocenters. The second kappa shape index (κ2) is 9.77. The molecule has 6 nitrogen and oxygen atoms in total. The Balaban J connectivity index is 1.30. The van der Waals surface area contributed by atoms with Crippen molar-refractivity contribution >= 4 is 5.82 Å². The van der Waals surface area contributed by atoms with Gasteiger partial charge in [-0.3, -0.25) is 9.80 Å². The lowest BCUT2D eigenvalue weighted by Crippen LogP contribution is -2.37. The molecule has 3 aliphatic heterocycles. The molecule has 4 heterocycles. The number of hydrogen-bond acceptors (Lipinski definition) is 6. The summed E-state index contributed by atoms with van der Waals surface area (Å²) >= 11 is 0. The number of benzene rings is 1. The molecule has 0 amide bonds. The Hall–Kier alpha value is -2.15. The maximum absolute atomic E-state index is 6.20. The molecule has 5 rings (SSSR count). The monoisotopic (exact) mass is 436 g/mol. The molecule has 0 bridgehead atoms. The Morgan fingerprint density at radius 3 is 2.75 bits per heavy atom. The maximum atomic E-state index is 6.20. The van der Waals surface area contributed by atoms with Crippen LogP contribution in [0.15, 0.2) is 36.5 Å². The van der Waals surface area contributed by atoms with E-state index in [0.717, 1.165) is 64.0 Å². The Labute approximate surface area is 192 Å². The molecule has 172 valence electrons. The van der Waals surface area contributed by atoms with Crippen molar-refractivity contribution in [1.29, 1.82) is 0 Å². The molecule has 2 fully saturated rings. The van der Waals surface area contributed by atoms with Gasteiger partial charge in [-0.2, -0.15) is 0 Å². The van der Waals surface area contributed by atoms with E-state index in [1.165, 1.54) is 36.1 Å². The summed E-state index contributed by atoms with van der Waals surface area (Å²) in [4.78, 5) is 11.9. The van der Waals surface area contributed by atoms with Crippen molar-refractivity contribution in [1.82, 2.24) is 14.8 Å². The molecule has 0 spiro atoms. The molecule has 2 aromatic rings. The second-order valence-corrected chi connectivity index (χ2v) is 9.50. The molecule has 3 aliphatic rings. The van der Waals surface area contributed by atoms with Crippen molar-refractivity contribution in [2.45, 2.75) is 31.2 Å². The van der Waals surface area contributed by atoms with Crippen LogP contribution in [0.2, 0.25) is 0 Å². The van der Waals surface area contributed by atoms with Crippen molar-refractivity contribution in [2.24, 2.45) is 0 Å². The number of aromatic nitrogens is 1. The average Bonchev–Trinajstić information content (AvgIpc) is 3.31. The fourth-order valence-corrected chi connectivity index (χ4v) is 5.43. The van der Waals surface area contributed by atoms with Gasteiger partial charge in [-0.05, 0) is 60.7 Å². The molecule has 1 aromatic heterocycles. The van der Waals surface area contributed by atoms with E-state index < -0.39 is 0 Å². The molecule has 1 aromatic carbocycles. The van der Waals surface area contributed by atoms with E-state index >= 15 is 0 Å². The topological polar surface area (TPSA) is 41.1 Å². The van der Waals surface area contributed by atoms with Crippen LogP contribution in [0, 0.1) is 0 Å². The van der Waals surface area contributed by atoms with Crippen LogP contribution in [0.3, 0.4) is 0 Å². The van der Waals surface area contributed by atoms with Crippen LogP contribution < -0.4 is 9.64 Å². The predicted octanol–water partition coefficient (Wildman–Crippen LogP) is 3.53. The summed E-state index contributed by atoms with van der Waals surface area (Å²) in [6.07, 6.45) is 5.65. The quantitative estimate of drug-likeness (QED) is 0.619.